The van der Waals surface area contributed by atoms with E-state index in [1.165, 1.54) is 12.8 Å². The molecule has 0 radical (unpaired) electrons. The van der Waals surface area contributed by atoms with Gasteiger partial charge in [-0.25, -0.2) is 4.98 Å². The normalized spacial score (nSPS) is 17.9. The van der Waals surface area contributed by atoms with Gasteiger partial charge in [-0.05, 0) is 19.8 Å². The van der Waals surface area contributed by atoms with Gasteiger partial charge in [-0.2, -0.15) is 0 Å². The summed E-state index contributed by atoms with van der Waals surface area (Å²) < 4.78 is 2.14. The summed E-state index contributed by atoms with van der Waals surface area (Å²) >= 11 is 0. The molecule has 0 aromatic carbocycles. The largest absolute Gasteiger partial charge is 0.385 e. The minimum absolute atomic E-state index is 0.270. The molecule has 1 aromatic heterocycles. The molecule has 0 amide bonds. The molecule has 1 aliphatic rings. The average molecular weight is 195 g/mol. The fraction of sp³-hybridized carbons (Fsp3) is 0.700. The molecule has 1 unspecified atom stereocenters. The maximum absolute atomic E-state index is 9.77. The predicted molar refractivity (Wildman–Crippen MR) is 53.9 cm³/mol. The van der Waals surface area contributed by atoms with Crippen LogP contribution in [0.4, 0.5) is 0 Å². The molecular weight excluding hydrogens is 178 g/mol. The van der Waals surface area contributed by atoms with Gasteiger partial charge in [0.15, 0.2) is 0 Å². The van der Waals surface area contributed by atoms with Crippen molar-refractivity contribution in [2.75, 3.05) is 6.54 Å². The van der Waals surface area contributed by atoms with E-state index in [4.69, 9.17) is 5.73 Å². The number of fused-ring (bicyclic) bond motifs is 1. The zero-order valence-corrected chi connectivity index (χ0v) is 8.53. The Hall–Kier alpha value is -0.870. The first kappa shape index (κ1) is 9.68. The third-order valence-electron chi connectivity index (χ3n) is 2.84. The van der Waals surface area contributed by atoms with Crippen LogP contribution in [0.1, 0.15) is 36.2 Å². The molecule has 14 heavy (non-hydrogen) atoms. The van der Waals surface area contributed by atoms with Crippen LogP contribution in [-0.4, -0.2) is 21.2 Å². The number of aromatic nitrogens is 2. The molecule has 0 saturated carbocycles. The van der Waals surface area contributed by atoms with Gasteiger partial charge in [0.1, 0.15) is 11.9 Å². The third kappa shape index (κ3) is 1.44. The third-order valence-corrected chi connectivity index (χ3v) is 2.84. The Morgan fingerprint density at radius 3 is 3.07 bits per heavy atom. The Kier molecular flexibility index (Phi) is 2.56. The highest BCUT2D eigenvalue weighted by atomic mass is 16.3. The summed E-state index contributed by atoms with van der Waals surface area (Å²) in [6.45, 7) is 3.19. The molecule has 1 aliphatic heterocycles. The van der Waals surface area contributed by atoms with Crippen LogP contribution in [0.5, 0.6) is 0 Å². The summed E-state index contributed by atoms with van der Waals surface area (Å²) in [6, 6.07) is 0. The van der Waals surface area contributed by atoms with E-state index in [1.807, 2.05) is 6.92 Å². The van der Waals surface area contributed by atoms with E-state index in [9.17, 15) is 5.11 Å². The number of hydrogen-bond donors (Lipinski definition) is 2. The van der Waals surface area contributed by atoms with Crippen LogP contribution in [0.15, 0.2) is 0 Å². The molecule has 2 heterocycles. The summed E-state index contributed by atoms with van der Waals surface area (Å²) in [6.07, 6.45) is 2.84. The standard InChI is InChI=1S/C10H17N3O/c1-7-10(8(14)6-11)13-5-3-2-4-9(13)12-7/h8,14H,2-6,11H2,1H3. The van der Waals surface area contributed by atoms with Gasteiger partial charge in [0, 0.05) is 19.5 Å². The molecule has 1 aromatic rings. The molecule has 0 bridgehead atoms. The van der Waals surface area contributed by atoms with Crippen molar-refractivity contribution in [3.8, 4) is 0 Å². The summed E-state index contributed by atoms with van der Waals surface area (Å²) in [5.41, 5.74) is 7.32. The van der Waals surface area contributed by atoms with Crippen molar-refractivity contribution in [3.63, 3.8) is 0 Å². The Bertz CT molecular complexity index is 332. The van der Waals surface area contributed by atoms with E-state index in [1.54, 1.807) is 0 Å². The van der Waals surface area contributed by atoms with Crippen LogP contribution in [0, 0.1) is 6.92 Å². The lowest BCUT2D eigenvalue weighted by molar-refractivity contribution is 0.174. The summed E-state index contributed by atoms with van der Waals surface area (Å²) in [5.74, 6) is 1.11. The molecular formula is C10H17N3O. The lowest BCUT2D eigenvalue weighted by atomic mass is 10.1. The molecule has 4 heteroatoms. The number of rotatable bonds is 2. The van der Waals surface area contributed by atoms with E-state index in [0.717, 1.165) is 30.2 Å². The van der Waals surface area contributed by atoms with E-state index in [0.29, 0.717) is 0 Å². The monoisotopic (exact) mass is 195 g/mol. The van der Waals surface area contributed by atoms with Gasteiger partial charge in [-0.3, -0.25) is 0 Å². The number of hydrogen-bond acceptors (Lipinski definition) is 3. The van der Waals surface area contributed by atoms with E-state index >= 15 is 0 Å². The second kappa shape index (κ2) is 3.71. The van der Waals surface area contributed by atoms with Crippen LogP contribution >= 0.6 is 0 Å². The number of imidazole rings is 1. The second-order valence-corrected chi connectivity index (χ2v) is 3.86. The number of nitrogens with zero attached hydrogens (tertiary/aromatic N) is 2. The fourth-order valence-electron chi connectivity index (χ4n) is 2.17. The highest BCUT2D eigenvalue weighted by Gasteiger charge is 2.21. The molecule has 2 rings (SSSR count). The van der Waals surface area contributed by atoms with Crippen molar-refractivity contribution in [1.29, 1.82) is 0 Å². The minimum atomic E-state index is -0.561. The average Bonchev–Trinajstić information content (AvgIpc) is 2.53. The van der Waals surface area contributed by atoms with E-state index < -0.39 is 6.10 Å². The summed E-state index contributed by atoms with van der Waals surface area (Å²) in [4.78, 5) is 4.47. The number of nitrogens with two attached hydrogens (primary N) is 1. The molecule has 4 nitrogen and oxygen atoms in total. The van der Waals surface area contributed by atoms with Gasteiger partial charge in [0.2, 0.25) is 0 Å². The molecule has 0 spiro atoms. The van der Waals surface area contributed by atoms with Crippen LogP contribution in [0.2, 0.25) is 0 Å². The fourth-order valence-corrected chi connectivity index (χ4v) is 2.17. The Morgan fingerprint density at radius 2 is 2.36 bits per heavy atom. The van der Waals surface area contributed by atoms with Crippen LogP contribution in [0.25, 0.3) is 0 Å². The van der Waals surface area contributed by atoms with Crippen molar-refractivity contribution in [2.24, 2.45) is 5.73 Å². The predicted octanol–water partition coefficient (Wildman–Crippen LogP) is 0.520. The molecule has 0 aliphatic carbocycles. The SMILES string of the molecule is Cc1nc2n(c1C(O)CN)CCCC2. The van der Waals surface area contributed by atoms with Gasteiger partial charge < -0.3 is 15.4 Å². The van der Waals surface area contributed by atoms with Crippen molar-refractivity contribution in [2.45, 2.75) is 38.8 Å². The maximum Gasteiger partial charge on any atom is 0.109 e. The van der Waals surface area contributed by atoms with Gasteiger partial charge >= 0.3 is 0 Å². The molecule has 78 valence electrons. The van der Waals surface area contributed by atoms with E-state index in [2.05, 4.69) is 9.55 Å². The van der Waals surface area contributed by atoms with Crippen LogP contribution < -0.4 is 5.73 Å². The second-order valence-electron chi connectivity index (χ2n) is 3.86. The van der Waals surface area contributed by atoms with Crippen LogP contribution in [-0.2, 0) is 13.0 Å². The van der Waals surface area contributed by atoms with Gasteiger partial charge in [0.25, 0.3) is 0 Å². The molecule has 0 fully saturated rings. The zero-order valence-electron chi connectivity index (χ0n) is 8.53. The van der Waals surface area contributed by atoms with E-state index in [-0.39, 0.29) is 6.54 Å². The Labute approximate surface area is 83.8 Å². The lowest BCUT2D eigenvalue weighted by Crippen LogP contribution is -2.19. The summed E-state index contributed by atoms with van der Waals surface area (Å²) in [5, 5.41) is 9.77. The zero-order chi connectivity index (χ0) is 10.1. The highest BCUT2D eigenvalue weighted by molar-refractivity contribution is 5.20. The smallest absolute Gasteiger partial charge is 0.109 e. The number of aliphatic hydroxyl groups is 1. The van der Waals surface area contributed by atoms with Gasteiger partial charge in [-0.1, -0.05) is 0 Å². The van der Waals surface area contributed by atoms with Crippen molar-refractivity contribution in [3.05, 3.63) is 17.2 Å². The first-order chi connectivity index (χ1) is 6.74. The maximum atomic E-state index is 9.77. The van der Waals surface area contributed by atoms with Crippen molar-refractivity contribution in [1.82, 2.24) is 9.55 Å². The molecule has 1 atom stereocenters. The van der Waals surface area contributed by atoms with Gasteiger partial charge in [0.05, 0.1) is 11.4 Å². The lowest BCUT2D eigenvalue weighted by Gasteiger charge is -2.18. The summed E-state index contributed by atoms with van der Waals surface area (Å²) in [7, 11) is 0. The topological polar surface area (TPSA) is 64.1 Å². The quantitative estimate of drug-likeness (QED) is 0.723. The minimum Gasteiger partial charge on any atom is -0.385 e. The Balaban J connectivity index is 2.42. The molecule has 0 saturated heterocycles. The first-order valence-corrected chi connectivity index (χ1v) is 5.18. The van der Waals surface area contributed by atoms with Crippen molar-refractivity contribution < 1.29 is 5.11 Å². The first-order valence-electron chi connectivity index (χ1n) is 5.18. The highest BCUT2D eigenvalue weighted by Crippen LogP contribution is 2.23. The number of aryl methyl sites for hydroxylation is 2. The van der Waals surface area contributed by atoms with Gasteiger partial charge in [-0.15, -0.1) is 0 Å². The number of aliphatic hydroxyl groups excluding tert-OH is 1. The van der Waals surface area contributed by atoms with Crippen LogP contribution in [0.3, 0.4) is 0 Å². The van der Waals surface area contributed by atoms with Crippen molar-refractivity contribution >= 4 is 0 Å². The molecule has 3 N–H and O–H groups in total. The Morgan fingerprint density at radius 1 is 1.57 bits per heavy atom.